The smallest absolute Gasteiger partial charge is 0.331 e. The summed E-state index contributed by atoms with van der Waals surface area (Å²) in [5.41, 5.74) is 0.386. The SMILES string of the molecule is CCCCCCC/C=C\C=C(/C)C(=O)O. The maximum absolute atomic E-state index is 10.4. The Labute approximate surface area is 92.7 Å². The van der Waals surface area contributed by atoms with Crippen LogP contribution in [0.5, 0.6) is 0 Å². The third-order valence-corrected chi connectivity index (χ3v) is 2.29. The molecule has 0 fully saturated rings. The quantitative estimate of drug-likeness (QED) is 0.374. The standard InChI is InChI=1S/C13H22O2/c1-3-4-5-6-7-8-9-10-11-12(2)13(14)15/h9-11H,3-8H2,1-2H3,(H,14,15)/b10-9-,12-11+. The van der Waals surface area contributed by atoms with Crippen molar-refractivity contribution in [3.05, 3.63) is 23.8 Å². The zero-order valence-corrected chi connectivity index (χ0v) is 9.83. The largest absolute Gasteiger partial charge is 0.478 e. The normalized spacial score (nSPS) is 12.3. The lowest BCUT2D eigenvalue weighted by atomic mass is 10.1. The van der Waals surface area contributed by atoms with Crippen LogP contribution >= 0.6 is 0 Å². The molecule has 2 heteroatoms. The Morgan fingerprint density at radius 3 is 2.47 bits per heavy atom. The molecular formula is C13H22O2. The second-order valence-corrected chi connectivity index (χ2v) is 3.79. The average Bonchev–Trinajstić information content (AvgIpc) is 2.21. The van der Waals surface area contributed by atoms with Crippen LogP contribution < -0.4 is 0 Å². The molecule has 0 rings (SSSR count). The van der Waals surface area contributed by atoms with Crippen molar-refractivity contribution in [2.24, 2.45) is 0 Å². The summed E-state index contributed by atoms with van der Waals surface area (Å²) in [5, 5.41) is 8.58. The van der Waals surface area contributed by atoms with Crippen LogP contribution in [0.2, 0.25) is 0 Å². The van der Waals surface area contributed by atoms with Gasteiger partial charge in [-0.2, -0.15) is 0 Å². The highest BCUT2D eigenvalue weighted by Gasteiger charge is 1.95. The summed E-state index contributed by atoms with van der Waals surface area (Å²) in [7, 11) is 0. The molecule has 2 nitrogen and oxygen atoms in total. The van der Waals surface area contributed by atoms with Crippen molar-refractivity contribution >= 4 is 5.97 Å². The van der Waals surface area contributed by atoms with Crippen molar-refractivity contribution in [1.29, 1.82) is 0 Å². The van der Waals surface area contributed by atoms with E-state index in [1.165, 1.54) is 32.1 Å². The Hall–Kier alpha value is -1.05. The number of carboxylic acid groups (broad SMARTS) is 1. The van der Waals surface area contributed by atoms with Crippen LogP contribution in [-0.4, -0.2) is 11.1 Å². The maximum atomic E-state index is 10.4. The highest BCUT2D eigenvalue weighted by Crippen LogP contribution is 2.05. The van der Waals surface area contributed by atoms with Gasteiger partial charge in [-0.25, -0.2) is 4.79 Å². The van der Waals surface area contributed by atoms with Crippen LogP contribution in [0, 0.1) is 0 Å². The minimum atomic E-state index is -0.845. The number of carbonyl (C=O) groups is 1. The van der Waals surface area contributed by atoms with Gasteiger partial charge in [0.2, 0.25) is 0 Å². The molecule has 0 aliphatic carbocycles. The lowest BCUT2D eigenvalue weighted by molar-refractivity contribution is -0.132. The molecule has 0 aromatic heterocycles. The molecule has 0 atom stereocenters. The average molecular weight is 210 g/mol. The van der Waals surface area contributed by atoms with Crippen molar-refractivity contribution in [2.45, 2.75) is 52.4 Å². The number of allylic oxidation sites excluding steroid dienone is 3. The van der Waals surface area contributed by atoms with Gasteiger partial charge in [-0.1, -0.05) is 50.8 Å². The highest BCUT2D eigenvalue weighted by molar-refractivity contribution is 5.86. The summed E-state index contributed by atoms with van der Waals surface area (Å²) in [6.45, 7) is 3.81. The van der Waals surface area contributed by atoms with Crippen molar-refractivity contribution in [1.82, 2.24) is 0 Å². The molecule has 0 bridgehead atoms. The van der Waals surface area contributed by atoms with Gasteiger partial charge in [0, 0.05) is 5.57 Å². The first kappa shape index (κ1) is 13.9. The van der Waals surface area contributed by atoms with Crippen molar-refractivity contribution in [3.63, 3.8) is 0 Å². The van der Waals surface area contributed by atoms with Gasteiger partial charge in [-0.15, -0.1) is 0 Å². The predicted molar refractivity (Wildman–Crippen MR) is 63.9 cm³/mol. The Morgan fingerprint density at radius 2 is 1.87 bits per heavy atom. The molecule has 0 radical (unpaired) electrons. The van der Waals surface area contributed by atoms with Crippen LogP contribution in [0.4, 0.5) is 0 Å². The Balaban J connectivity index is 3.47. The molecule has 0 aliphatic rings. The fourth-order valence-corrected chi connectivity index (χ4v) is 1.25. The number of unbranched alkanes of at least 4 members (excludes halogenated alkanes) is 5. The van der Waals surface area contributed by atoms with E-state index in [1.807, 2.05) is 12.2 Å². The van der Waals surface area contributed by atoms with Gasteiger partial charge in [0.25, 0.3) is 0 Å². The maximum Gasteiger partial charge on any atom is 0.331 e. The molecule has 0 amide bonds. The number of aliphatic carboxylic acids is 1. The summed E-state index contributed by atoms with van der Waals surface area (Å²) in [6.07, 6.45) is 13.0. The molecule has 0 saturated heterocycles. The molecule has 86 valence electrons. The van der Waals surface area contributed by atoms with Gasteiger partial charge in [0.15, 0.2) is 0 Å². The van der Waals surface area contributed by atoms with E-state index in [1.54, 1.807) is 13.0 Å². The van der Waals surface area contributed by atoms with E-state index in [9.17, 15) is 4.79 Å². The van der Waals surface area contributed by atoms with E-state index in [0.29, 0.717) is 5.57 Å². The predicted octanol–water partition coefficient (Wildman–Crippen LogP) is 3.93. The van der Waals surface area contributed by atoms with E-state index in [-0.39, 0.29) is 0 Å². The second-order valence-electron chi connectivity index (χ2n) is 3.79. The third-order valence-electron chi connectivity index (χ3n) is 2.29. The second kappa shape index (κ2) is 9.50. The topological polar surface area (TPSA) is 37.3 Å². The molecule has 0 aromatic carbocycles. The summed E-state index contributed by atoms with van der Waals surface area (Å²) in [6, 6.07) is 0. The zero-order chi connectivity index (χ0) is 11.5. The van der Waals surface area contributed by atoms with Crippen LogP contribution in [0.3, 0.4) is 0 Å². The number of rotatable bonds is 8. The van der Waals surface area contributed by atoms with E-state index in [2.05, 4.69) is 6.92 Å². The lowest BCUT2D eigenvalue weighted by Crippen LogP contribution is -1.94. The first-order valence-electron chi connectivity index (χ1n) is 5.75. The van der Waals surface area contributed by atoms with E-state index < -0.39 is 5.97 Å². The first-order chi connectivity index (χ1) is 7.18. The Kier molecular flexibility index (Phi) is 8.84. The van der Waals surface area contributed by atoms with Gasteiger partial charge < -0.3 is 5.11 Å². The molecule has 0 aliphatic heterocycles. The summed E-state index contributed by atoms with van der Waals surface area (Å²) >= 11 is 0. The summed E-state index contributed by atoms with van der Waals surface area (Å²) < 4.78 is 0. The molecule has 15 heavy (non-hydrogen) atoms. The lowest BCUT2D eigenvalue weighted by Gasteiger charge is -1.95. The van der Waals surface area contributed by atoms with Crippen LogP contribution in [0.15, 0.2) is 23.8 Å². The number of hydrogen-bond donors (Lipinski definition) is 1. The molecule has 0 saturated carbocycles. The van der Waals surface area contributed by atoms with Crippen LogP contribution in [0.25, 0.3) is 0 Å². The first-order valence-corrected chi connectivity index (χ1v) is 5.75. The van der Waals surface area contributed by atoms with Crippen LogP contribution in [0.1, 0.15) is 52.4 Å². The highest BCUT2D eigenvalue weighted by atomic mass is 16.4. The van der Waals surface area contributed by atoms with E-state index in [0.717, 1.165) is 6.42 Å². The molecule has 0 unspecified atom stereocenters. The Morgan fingerprint density at radius 1 is 1.20 bits per heavy atom. The van der Waals surface area contributed by atoms with Gasteiger partial charge in [-0.3, -0.25) is 0 Å². The number of hydrogen-bond acceptors (Lipinski definition) is 1. The minimum absolute atomic E-state index is 0.386. The third kappa shape index (κ3) is 9.26. The monoisotopic (exact) mass is 210 g/mol. The number of carboxylic acids is 1. The molecule has 0 heterocycles. The Bertz CT molecular complexity index is 227. The molecule has 0 aromatic rings. The fraction of sp³-hybridized carbons (Fsp3) is 0.615. The van der Waals surface area contributed by atoms with Gasteiger partial charge >= 0.3 is 5.97 Å². The van der Waals surface area contributed by atoms with Gasteiger partial charge in [-0.05, 0) is 19.8 Å². The van der Waals surface area contributed by atoms with Crippen LogP contribution in [-0.2, 0) is 4.79 Å². The van der Waals surface area contributed by atoms with Gasteiger partial charge in [0.05, 0.1) is 0 Å². The zero-order valence-electron chi connectivity index (χ0n) is 9.83. The summed E-state index contributed by atoms with van der Waals surface area (Å²) in [4.78, 5) is 10.4. The minimum Gasteiger partial charge on any atom is -0.478 e. The van der Waals surface area contributed by atoms with Gasteiger partial charge in [0.1, 0.15) is 0 Å². The fourth-order valence-electron chi connectivity index (χ4n) is 1.25. The van der Waals surface area contributed by atoms with Crippen molar-refractivity contribution < 1.29 is 9.90 Å². The van der Waals surface area contributed by atoms with Crippen molar-refractivity contribution in [2.75, 3.05) is 0 Å². The molecule has 0 spiro atoms. The summed E-state index contributed by atoms with van der Waals surface area (Å²) in [5.74, 6) is -0.845. The van der Waals surface area contributed by atoms with Crippen molar-refractivity contribution in [3.8, 4) is 0 Å². The molecular weight excluding hydrogens is 188 g/mol. The van der Waals surface area contributed by atoms with E-state index in [4.69, 9.17) is 5.11 Å². The van der Waals surface area contributed by atoms with E-state index >= 15 is 0 Å². The molecule has 1 N–H and O–H groups in total.